The highest BCUT2D eigenvalue weighted by atomic mass is 16.5. The summed E-state index contributed by atoms with van der Waals surface area (Å²) in [6.07, 6.45) is 5.07. The minimum atomic E-state index is 0.220. The SMILES string of the molecule is COc1ccc(N=c2ncc3c(n2O)-c2cc(C#CCN4CCCC4)ccc2NCC3)cc1. The van der Waals surface area contributed by atoms with Gasteiger partial charge in [0.25, 0.3) is 5.62 Å². The quantitative estimate of drug-likeness (QED) is 0.481. The van der Waals surface area contributed by atoms with E-state index in [-0.39, 0.29) is 5.62 Å². The van der Waals surface area contributed by atoms with Crippen molar-refractivity contribution in [3.8, 4) is 28.8 Å². The van der Waals surface area contributed by atoms with E-state index >= 15 is 0 Å². The number of nitrogens with one attached hydrogen (secondary N) is 1. The van der Waals surface area contributed by atoms with E-state index in [1.54, 1.807) is 13.3 Å². The number of benzene rings is 2. The largest absolute Gasteiger partial charge is 0.497 e. The van der Waals surface area contributed by atoms with Crippen LogP contribution in [0.15, 0.2) is 53.7 Å². The van der Waals surface area contributed by atoms with Crippen LogP contribution in [0, 0.1) is 11.8 Å². The highest BCUT2D eigenvalue weighted by molar-refractivity contribution is 5.80. The number of fused-ring (bicyclic) bond motifs is 3. The molecule has 7 heteroatoms. The van der Waals surface area contributed by atoms with Crippen molar-refractivity contribution in [3.63, 3.8) is 0 Å². The minimum Gasteiger partial charge on any atom is -0.497 e. The summed E-state index contributed by atoms with van der Waals surface area (Å²) in [5, 5.41) is 14.6. The topological polar surface area (TPSA) is 74.9 Å². The lowest BCUT2D eigenvalue weighted by Crippen LogP contribution is -2.25. The molecular weight excluding hydrogens is 414 g/mol. The summed E-state index contributed by atoms with van der Waals surface area (Å²) >= 11 is 0. The first-order valence-corrected chi connectivity index (χ1v) is 11.3. The van der Waals surface area contributed by atoms with Crippen LogP contribution < -0.4 is 15.7 Å². The number of anilines is 1. The molecular formula is C26H27N5O2. The van der Waals surface area contributed by atoms with Gasteiger partial charge < -0.3 is 15.3 Å². The Hall–Kier alpha value is -3.76. The molecule has 0 aliphatic carbocycles. The van der Waals surface area contributed by atoms with Gasteiger partial charge in [0.1, 0.15) is 5.75 Å². The van der Waals surface area contributed by atoms with Crippen LogP contribution in [0.3, 0.4) is 0 Å². The number of rotatable bonds is 3. The van der Waals surface area contributed by atoms with Gasteiger partial charge in [-0.15, -0.1) is 4.73 Å². The molecule has 2 aliphatic rings. The second-order valence-electron chi connectivity index (χ2n) is 8.28. The predicted octanol–water partition coefficient (Wildman–Crippen LogP) is 3.44. The number of methoxy groups -OCH3 is 1. The molecule has 0 spiro atoms. The van der Waals surface area contributed by atoms with Crippen molar-refractivity contribution >= 4 is 11.4 Å². The van der Waals surface area contributed by atoms with Crippen molar-refractivity contribution in [2.45, 2.75) is 19.3 Å². The van der Waals surface area contributed by atoms with Gasteiger partial charge in [0.15, 0.2) is 0 Å². The maximum atomic E-state index is 11.1. The molecule has 0 radical (unpaired) electrons. The molecule has 168 valence electrons. The van der Waals surface area contributed by atoms with Crippen LogP contribution in [0.4, 0.5) is 11.4 Å². The Balaban J connectivity index is 1.53. The zero-order valence-corrected chi connectivity index (χ0v) is 18.7. The van der Waals surface area contributed by atoms with Crippen LogP contribution in [-0.2, 0) is 6.42 Å². The minimum absolute atomic E-state index is 0.220. The third-order valence-electron chi connectivity index (χ3n) is 6.06. The summed E-state index contributed by atoms with van der Waals surface area (Å²) in [6, 6.07) is 13.4. The van der Waals surface area contributed by atoms with Crippen molar-refractivity contribution in [1.29, 1.82) is 0 Å². The molecule has 0 saturated carbocycles. The fraction of sp³-hybridized carbons (Fsp3) is 0.308. The van der Waals surface area contributed by atoms with Crippen LogP contribution in [0.2, 0.25) is 0 Å². The molecule has 1 aromatic heterocycles. The summed E-state index contributed by atoms with van der Waals surface area (Å²) < 4.78 is 6.30. The Morgan fingerprint density at radius 1 is 1.15 bits per heavy atom. The first kappa shape index (κ1) is 21.1. The lowest BCUT2D eigenvalue weighted by atomic mass is 10.0. The maximum absolute atomic E-state index is 11.1. The van der Waals surface area contributed by atoms with Crippen molar-refractivity contribution in [2.24, 2.45) is 4.99 Å². The molecule has 3 aromatic rings. The lowest BCUT2D eigenvalue weighted by Gasteiger charge is -2.13. The smallest absolute Gasteiger partial charge is 0.264 e. The standard InChI is InChI=1S/C26H27N5O2/c1-33-22-9-7-21(8-10-22)29-26-28-18-20-12-13-27-24-11-6-19(17-23(24)25(20)31(26)32)5-4-16-30-14-2-3-15-30/h6-11,17-18,27,32H,2-3,12-16H2,1H3. The van der Waals surface area contributed by atoms with Crippen molar-refractivity contribution in [2.75, 3.05) is 38.6 Å². The van der Waals surface area contributed by atoms with Crippen LogP contribution in [0.5, 0.6) is 5.75 Å². The fourth-order valence-corrected chi connectivity index (χ4v) is 4.30. The Bertz CT molecular complexity index is 1280. The van der Waals surface area contributed by atoms with Gasteiger partial charge >= 0.3 is 0 Å². The highest BCUT2D eigenvalue weighted by Crippen LogP contribution is 2.33. The highest BCUT2D eigenvalue weighted by Gasteiger charge is 2.19. The Labute approximate surface area is 193 Å². The first-order valence-electron chi connectivity index (χ1n) is 11.3. The number of ether oxygens (including phenoxy) is 1. The van der Waals surface area contributed by atoms with E-state index in [2.05, 4.69) is 32.0 Å². The number of likely N-dealkylation sites (tertiary alicyclic amines) is 1. The molecule has 3 heterocycles. The second-order valence-corrected chi connectivity index (χ2v) is 8.28. The average molecular weight is 442 g/mol. The molecule has 1 saturated heterocycles. The van der Waals surface area contributed by atoms with Gasteiger partial charge in [-0.3, -0.25) is 4.90 Å². The van der Waals surface area contributed by atoms with Gasteiger partial charge in [-0.1, -0.05) is 11.8 Å². The van der Waals surface area contributed by atoms with Gasteiger partial charge in [-0.2, -0.15) is 0 Å². The molecule has 33 heavy (non-hydrogen) atoms. The Kier molecular flexibility index (Phi) is 6.01. The summed E-state index contributed by atoms with van der Waals surface area (Å²) in [7, 11) is 1.62. The van der Waals surface area contributed by atoms with E-state index in [4.69, 9.17) is 4.74 Å². The van der Waals surface area contributed by atoms with Gasteiger partial charge in [0.05, 0.1) is 25.0 Å². The first-order chi connectivity index (χ1) is 16.2. The zero-order valence-electron chi connectivity index (χ0n) is 18.7. The van der Waals surface area contributed by atoms with Crippen molar-refractivity contribution in [1.82, 2.24) is 14.6 Å². The third-order valence-corrected chi connectivity index (χ3v) is 6.06. The van der Waals surface area contributed by atoms with Crippen LogP contribution in [-0.4, -0.2) is 53.1 Å². The monoisotopic (exact) mass is 441 g/mol. The third kappa shape index (κ3) is 4.57. The van der Waals surface area contributed by atoms with Gasteiger partial charge in [0, 0.05) is 35.1 Å². The Morgan fingerprint density at radius 2 is 1.97 bits per heavy atom. The molecule has 0 bridgehead atoms. The molecule has 2 aromatic carbocycles. The number of hydrogen-bond acceptors (Lipinski definition) is 6. The summed E-state index contributed by atoms with van der Waals surface area (Å²) in [4.78, 5) is 11.3. The lowest BCUT2D eigenvalue weighted by molar-refractivity contribution is 0.171. The van der Waals surface area contributed by atoms with E-state index in [0.29, 0.717) is 11.4 Å². The molecule has 1 fully saturated rings. The molecule has 0 amide bonds. The normalized spacial score (nSPS) is 15.6. The summed E-state index contributed by atoms with van der Waals surface area (Å²) in [5.74, 6) is 7.35. The molecule has 2 aliphatic heterocycles. The van der Waals surface area contributed by atoms with Crippen molar-refractivity contribution < 1.29 is 9.94 Å². The predicted molar refractivity (Wildman–Crippen MR) is 128 cm³/mol. The van der Waals surface area contributed by atoms with E-state index in [9.17, 15) is 5.21 Å². The van der Waals surface area contributed by atoms with Crippen molar-refractivity contribution in [3.05, 3.63) is 65.4 Å². The second kappa shape index (κ2) is 9.39. The molecule has 0 unspecified atom stereocenters. The van der Waals surface area contributed by atoms with Crippen LogP contribution in [0.25, 0.3) is 11.3 Å². The van der Waals surface area contributed by atoms with Crippen LogP contribution >= 0.6 is 0 Å². The number of nitrogens with zero attached hydrogens (tertiary/aromatic N) is 4. The van der Waals surface area contributed by atoms with Gasteiger partial charge in [0.2, 0.25) is 0 Å². The summed E-state index contributed by atoms with van der Waals surface area (Å²) in [6.45, 7) is 3.82. The van der Waals surface area contributed by atoms with Gasteiger partial charge in [-0.05, 0) is 74.8 Å². The van der Waals surface area contributed by atoms with E-state index in [1.807, 2.05) is 42.5 Å². The Morgan fingerprint density at radius 3 is 2.76 bits per heavy atom. The van der Waals surface area contributed by atoms with E-state index in [1.165, 1.54) is 12.8 Å². The number of hydrogen-bond donors (Lipinski definition) is 2. The number of aromatic nitrogens is 2. The molecule has 2 N–H and O–H groups in total. The molecule has 7 nitrogen and oxygen atoms in total. The average Bonchev–Trinajstić information content (AvgIpc) is 3.28. The van der Waals surface area contributed by atoms with E-state index in [0.717, 1.165) is 65.5 Å². The molecule has 0 atom stereocenters. The summed E-state index contributed by atoms with van der Waals surface area (Å²) in [5.41, 5.74) is 5.33. The van der Waals surface area contributed by atoms with Gasteiger partial charge in [-0.25, -0.2) is 9.98 Å². The maximum Gasteiger partial charge on any atom is 0.264 e. The zero-order chi connectivity index (χ0) is 22.6. The molecule has 5 rings (SSSR count). The van der Waals surface area contributed by atoms with E-state index < -0.39 is 0 Å². The fourth-order valence-electron chi connectivity index (χ4n) is 4.30. The van der Waals surface area contributed by atoms with Crippen LogP contribution in [0.1, 0.15) is 24.0 Å².